The molecule has 2 heterocycles. The van der Waals surface area contributed by atoms with Crippen molar-refractivity contribution < 1.29 is 23.1 Å². The zero-order chi connectivity index (χ0) is 31.6. The third kappa shape index (κ3) is 6.61. The predicted molar refractivity (Wildman–Crippen MR) is 170 cm³/mol. The fraction of sp³-hybridized carbons (Fsp3) is 0.389. The Kier molecular flexibility index (Phi) is 8.95. The SMILES string of the molecule is CCc1cccc2c(C(=O)NC3(c4ccccc4)CC3)c(CN3CCC(NCCO)CC3)c(-c3cccc(C(F)(F)F)c3)nc12. The number of carbonyl (C=O) groups excluding carboxylic acids is 1. The number of nitrogens with zero attached hydrogens (tertiary/aromatic N) is 2. The van der Waals surface area contributed by atoms with E-state index in [1.165, 1.54) is 6.07 Å². The van der Waals surface area contributed by atoms with Crippen molar-refractivity contribution in [2.75, 3.05) is 26.2 Å². The number of rotatable bonds is 10. The first kappa shape index (κ1) is 31.2. The molecule has 1 aliphatic heterocycles. The Morgan fingerprint density at radius 2 is 1.76 bits per heavy atom. The van der Waals surface area contributed by atoms with Gasteiger partial charge in [0.25, 0.3) is 5.91 Å². The molecule has 4 aromatic rings. The van der Waals surface area contributed by atoms with Gasteiger partial charge >= 0.3 is 6.18 Å². The fourth-order valence-corrected chi connectivity index (χ4v) is 6.60. The molecule has 1 saturated heterocycles. The number of aliphatic hydroxyl groups excluding tert-OH is 1. The summed E-state index contributed by atoms with van der Waals surface area (Å²) in [4.78, 5) is 21.9. The lowest BCUT2D eigenvalue weighted by Crippen LogP contribution is -2.43. The molecule has 45 heavy (non-hydrogen) atoms. The van der Waals surface area contributed by atoms with Crippen molar-refractivity contribution in [1.29, 1.82) is 0 Å². The monoisotopic (exact) mass is 616 g/mol. The number of aromatic nitrogens is 1. The van der Waals surface area contributed by atoms with Gasteiger partial charge in [-0.25, -0.2) is 4.98 Å². The molecule has 3 N–H and O–H groups in total. The number of benzene rings is 3. The fourth-order valence-electron chi connectivity index (χ4n) is 6.60. The number of pyridine rings is 1. The van der Waals surface area contributed by atoms with Crippen LogP contribution in [0.1, 0.15) is 65.2 Å². The lowest BCUT2D eigenvalue weighted by Gasteiger charge is -2.33. The molecule has 1 amide bonds. The van der Waals surface area contributed by atoms with Gasteiger partial charge in [0.2, 0.25) is 0 Å². The summed E-state index contributed by atoms with van der Waals surface area (Å²) in [7, 11) is 0. The van der Waals surface area contributed by atoms with Crippen LogP contribution in [0.15, 0.2) is 72.8 Å². The summed E-state index contributed by atoms with van der Waals surface area (Å²) >= 11 is 0. The lowest BCUT2D eigenvalue weighted by atomic mass is 9.92. The van der Waals surface area contributed by atoms with Crippen molar-refractivity contribution in [3.8, 4) is 11.3 Å². The molecule has 1 saturated carbocycles. The minimum atomic E-state index is -4.51. The Morgan fingerprint density at radius 1 is 1.02 bits per heavy atom. The van der Waals surface area contributed by atoms with Crippen LogP contribution in [-0.2, 0) is 24.7 Å². The molecule has 0 spiro atoms. The third-order valence-corrected chi connectivity index (χ3v) is 9.21. The van der Waals surface area contributed by atoms with Crippen LogP contribution in [0.3, 0.4) is 0 Å². The van der Waals surface area contributed by atoms with Gasteiger partial charge in [-0.1, -0.05) is 67.6 Å². The number of para-hydroxylation sites is 1. The quantitative estimate of drug-likeness (QED) is 0.191. The van der Waals surface area contributed by atoms with Gasteiger partial charge < -0.3 is 15.7 Å². The second-order valence-electron chi connectivity index (χ2n) is 12.2. The molecule has 6 rings (SSSR count). The van der Waals surface area contributed by atoms with Gasteiger partial charge in [-0.05, 0) is 68.5 Å². The first-order valence-corrected chi connectivity index (χ1v) is 15.8. The topological polar surface area (TPSA) is 77.5 Å². The van der Waals surface area contributed by atoms with Gasteiger partial charge in [-0.15, -0.1) is 0 Å². The molecule has 6 nitrogen and oxygen atoms in total. The maximum atomic E-state index is 14.6. The van der Waals surface area contributed by atoms with Crippen LogP contribution in [0.2, 0.25) is 0 Å². The van der Waals surface area contributed by atoms with E-state index in [1.807, 2.05) is 55.5 Å². The molecule has 0 unspecified atom stereocenters. The van der Waals surface area contributed by atoms with Crippen LogP contribution >= 0.6 is 0 Å². The van der Waals surface area contributed by atoms with Crippen LogP contribution < -0.4 is 10.6 Å². The lowest BCUT2D eigenvalue weighted by molar-refractivity contribution is -0.137. The van der Waals surface area contributed by atoms with Crippen LogP contribution in [0.25, 0.3) is 22.2 Å². The number of hydrogen-bond donors (Lipinski definition) is 3. The molecule has 1 aliphatic carbocycles. The number of amides is 1. The molecule has 236 valence electrons. The largest absolute Gasteiger partial charge is 0.416 e. The predicted octanol–water partition coefficient (Wildman–Crippen LogP) is 6.45. The molecule has 3 aromatic carbocycles. The summed E-state index contributed by atoms with van der Waals surface area (Å²) < 4.78 is 41.7. The summed E-state index contributed by atoms with van der Waals surface area (Å²) in [5, 5.41) is 16.7. The number of carbonyl (C=O) groups is 1. The molecule has 9 heteroatoms. The van der Waals surface area contributed by atoms with E-state index < -0.39 is 17.3 Å². The average Bonchev–Trinajstić information content (AvgIpc) is 3.84. The summed E-state index contributed by atoms with van der Waals surface area (Å²) in [6.07, 6.45) is -0.502. The van der Waals surface area contributed by atoms with Crippen molar-refractivity contribution in [3.63, 3.8) is 0 Å². The molecule has 0 radical (unpaired) electrons. The van der Waals surface area contributed by atoms with E-state index in [1.54, 1.807) is 6.07 Å². The third-order valence-electron chi connectivity index (χ3n) is 9.21. The first-order chi connectivity index (χ1) is 21.7. The van der Waals surface area contributed by atoms with Crippen molar-refractivity contribution >= 4 is 16.8 Å². The highest BCUT2D eigenvalue weighted by Crippen LogP contribution is 2.46. The van der Waals surface area contributed by atoms with Crippen LogP contribution in [0, 0.1) is 0 Å². The van der Waals surface area contributed by atoms with E-state index in [2.05, 4.69) is 15.5 Å². The number of halogens is 3. The van der Waals surface area contributed by atoms with Gasteiger partial charge in [0.1, 0.15) is 0 Å². The van der Waals surface area contributed by atoms with E-state index in [-0.39, 0.29) is 18.6 Å². The van der Waals surface area contributed by atoms with Crippen molar-refractivity contribution in [3.05, 3.63) is 101 Å². The number of nitrogens with one attached hydrogen (secondary N) is 2. The minimum Gasteiger partial charge on any atom is -0.395 e. The first-order valence-electron chi connectivity index (χ1n) is 15.8. The van der Waals surface area contributed by atoms with Crippen molar-refractivity contribution in [1.82, 2.24) is 20.5 Å². The Labute approximate surface area is 261 Å². The summed E-state index contributed by atoms with van der Waals surface area (Å²) in [6.45, 7) is 4.48. The number of alkyl halides is 3. The van der Waals surface area contributed by atoms with Crippen LogP contribution in [0.5, 0.6) is 0 Å². The zero-order valence-electron chi connectivity index (χ0n) is 25.5. The Hall–Kier alpha value is -3.79. The number of likely N-dealkylation sites (tertiary alicyclic amines) is 1. The number of piperidine rings is 1. The Bertz CT molecular complexity index is 1660. The van der Waals surface area contributed by atoms with Gasteiger partial charge in [0.15, 0.2) is 0 Å². The van der Waals surface area contributed by atoms with Gasteiger partial charge in [-0.3, -0.25) is 9.69 Å². The number of aliphatic hydroxyl groups is 1. The molecule has 0 bridgehead atoms. The normalized spacial score (nSPS) is 17.0. The summed E-state index contributed by atoms with van der Waals surface area (Å²) in [5.74, 6) is -0.236. The van der Waals surface area contributed by atoms with E-state index in [0.29, 0.717) is 52.8 Å². The van der Waals surface area contributed by atoms with Crippen LogP contribution in [-0.4, -0.2) is 53.2 Å². The van der Waals surface area contributed by atoms with Crippen molar-refractivity contribution in [2.24, 2.45) is 0 Å². The molecule has 0 atom stereocenters. The van der Waals surface area contributed by atoms with Crippen LogP contribution in [0.4, 0.5) is 13.2 Å². The Balaban J connectivity index is 1.49. The van der Waals surface area contributed by atoms with Gasteiger partial charge in [0, 0.05) is 35.6 Å². The number of hydrogen-bond acceptors (Lipinski definition) is 5. The summed E-state index contributed by atoms with van der Waals surface area (Å²) in [6, 6.07) is 21.3. The summed E-state index contributed by atoms with van der Waals surface area (Å²) in [5.41, 5.74) is 3.25. The molecular formula is C36H39F3N4O2. The minimum absolute atomic E-state index is 0.0754. The second-order valence-corrected chi connectivity index (χ2v) is 12.2. The number of fused-ring (bicyclic) bond motifs is 1. The molecular weight excluding hydrogens is 577 g/mol. The average molecular weight is 617 g/mol. The van der Waals surface area contributed by atoms with Crippen molar-refractivity contribution in [2.45, 2.75) is 63.3 Å². The molecule has 1 aromatic heterocycles. The van der Waals surface area contributed by atoms with Gasteiger partial charge in [0.05, 0.1) is 34.5 Å². The zero-order valence-corrected chi connectivity index (χ0v) is 25.5. The van der Waals surface area contributed by atoms with E-state index in [0.717, 1.165) is 62.0 Å². The maximum Gasteiger partial charge on any atom is 0.416 e. The van der Waals surface area contributed by atoms with Gasteiger partial charge in [-0.2, -0.15) is 13.2 Å². The van der Waals surface area contributed by atoms with E-state index in [9.17, 15) is 23.1 Å². The second kappa shape index (κ2) is 12.9. The highest BCUT2D eigenvalue weighted by Gasteiger charge is 2.46. The smallest absolute Gasteiger partial charge is 0.395 e. The Morgan fingerprint density at radius 3 is 2.42 bits per heavy atom. The van der Waals surface area contributed by atoms with E-state index in [4.69, 9.17) is 4.98 Å². The molecule has 2 fully saturated rings. The van der Waals surface area contributed by atoms with E-state index >= 15 is 0 Å². The highest BCUT2D eigenvalue weighted by atomic mass is 19.4. The maximum absolute atomic E-state index is 14.6. The standard InChI is InChI=1S/C36H39F3N4O2/c1-2-24-8-7-13-29-31(34(45)42-35(16-17-35)26-10-4-3-5-11-26)30(23-43-19-14-28(15-20-43)40-18-21-44)33(41-32(24)29)25-9-6-12-27(22-25)36(37,38)39/h3-13,22,28,40,44H,2,14-21,23H2,1H3,(H,42,45). The highest BCUT2D eigenvalue weighted by molar-refractivity contribution is 6.10. The number of aryl methyl sites for hydroxylation is 1. The molecule has 2 aliphatic rings.